The molecule has 19 heavy (non-hydrogen) atoms. The van der Waals surface area contributed by atoms with Gasteiger partial charge in [0, 0.05) is 12.2 Å². The van der Waals surface area contributed by atoms with Crippen molar-refractivity contribution >= 4 is 11.6 Å². The molecule has 0 bridgehead atoms. The molecule has 0 spiro atoms. The van der Waals surface area contributed by atoms with Gasteiger partial charge in [0.2, 0.25) is 0 Å². The van der Waals surface area contributed by atoms with Gasteiger partial charge in [-0.15, -0.1) is 0 Å². The number of carbonyl (C=O) groups excluding carboxylic acids is 1. The van der Waals surface area contributed by atoms with Gasteiger partial charge in [-0.05, 0) is 57.1 Å². The van der Waals surface area contributed by atoms with E-state index < -0.39 is 5.82 Å². The molecule has 1 aromatic carbocycles. The topological polar surface area (TPSA) is 58.4 Å². The molecular formula is C14H20FN3O. The van der Waals surface area contributed by atoms with E-state index >= 15 is 0 Å². The van der Waals surface area contributed by atoms with E-state index in [1.807, 2.05) is 0 Å². The van der Waals surface area contributed by atoms with Gasteiger partial charge in [0.15, 0.2) is 0 Å². The number of amides is 1. The molecule has 0 aromatic heterocycles. The van der Waals surface area contributed by atoms with Gasteiger partial charge in [-0.2, -0.15) is 0 Å². The lowest BCUT2D eigenvalue weighted by molar-refractivity contribution is 0.0953. The minimum atomic E-state index is -0.428. The number of hydrogen-bond donors (Lipinski definition) is 2. The fourth-order valence-electron chi connectivity index (χ4n) is 2.35. The molecule has 2 rings (SSSR count). The van der Waals surface area contributed by atoms with E-state index in [9.17, 15) is 9.18 Å². The minimum Gasteiger partial charge on any atom is -0.398 e. The number of nitrogens with two attached hydrogens (primary N) is 1. The molecule has 1 amide bonds. The third-order valence-corrected chi connectivity index (χ3v) is 3.39. The Morgan fingerprint density at radius 1 is 1.37 bits per heavy atom. The molecule has 5 heteroatoms. The van der Waals surface area contributed by atoms with Crippen molar-refractivity contribution in [3.63, 3.8) is 0 Å². The first-order chi connectivity index (χ1) is 9.16. The van der Waals surface area contributed by atoms with E-state index in [2.05, 4.69) is 10.2 Å². The summed E-state index contributed by atoms with van der Waals surface area (Å²) >= 11 is 0. The molecule has 0 aliphatic carbocycles. The number of nitrogen functional groups attached to an aromatic ring is 1. The van der Waals surface area contributed by atoms with Crippen molar-refractivity contribution in [1.29, 1.82) is 0 Å². The predicted molar refractivity (Wildman–Crippen MR) is 73.4 cm³/mol. The summed E-state index contributed by atoms with van der Waals surface area (Å²) in [6.07, 6.45) is 3.48. The van der Waals surface area contributed by atoms with E-state index in [0.717, 1.165) is 13.0 Å². The lowest BCUT2D eigenvalue weighted by atomic mass is 10.1. The van der Waals surface area contributed by atoms with Gasteiger partial charge in [-0.25, -0.2) is 4.39 Å². The molecule has 0 saturated carbocycles. The molecule has 1 aliphatic rings. The van der Waals surface area contributed by atoms with E-state index in [1.165, 1.54) is 44.1 Å². The first-order valence-corrected chi connectivity index (χ1v) is 6.72. The molecule has 0 atom stereocenters. The maximum atomic E-state index is 12.9. The number of likely N-dealkylation sites (tertiary alicyclic amines) is 1. The molecule has 1 aromatic rings. The smallest absolute Gasteiger partial charge is 0.253 e. The Kier molecular flexibility index (Phi) is 4.74. The first kappa shape index (κ1) is 13.8. The van der Waals surface area contributed by atoms with Gasteiger partial charge in [-0.1, -0.05) is 0 Å². The lowest BCUT2D eigenvalue weighted by Crippen LogP contribution is -2.29. The first-order valence-electron chi connectivity index (χ1n) is 6.72. The quantitative estimate of drug-likeness (QED) is 0.628. The van der Waals surface area contributed by atoms with Crippen LogP contribution in [0, 0.1) is 5.82 Å². The van der Waals surface area contributed by atoms with E-state index in [4.69, 9.17) is 5.73 Å². The Labute approximate surface area is 112 Å². The molecule has 0 unspecified atom stereocenters. The molecule has 1 saturated heterocycles. The second-order valence-electron chi connectivity index (χ2n) is 4.89. The number of anilines is 1. The highest BCUT2D eigenvalue weighted by molar-refractivity contribution is 5.99. The maximum absolute atomic E-state index is 12.9. The summed E-state index contributed by atoms with van der Waals surface area (Å²) < 4.78 is 12.9. The van der Waals surface area contributed by atoms with Crippen LogP contribution < -0.4 is 11.1 Å². The molecule has 3 N–H and O–H groups in total. The summed E-state index contributed by atoms with van der Waals surface area (Å²) in [6, 6.07) is 3.83. The second-order valence-corrected chi connectivity index (χ2v) is 4.89. The number of hydrogen-bond acceptors (Lipinski definition) is 3. The molecule has 1 fully saturated rings. The molecule has 1 aliphatic heterocycles. The van der Waals surface area contributed by atoms with Crippen LogP contribution in [0.25, 0.3) is 0 Å². The normalized spacial score (nSPS) is 15.6. The number of halogens is 1. The Balaban J connectivity index is 1.74. The Bertz CT molecular complexity index is 444. The van der Waals surface area contributed by atoms with Crippen LogP contribution in [0.1, 0.15) is 29.6 Å². The Hall–Kier alpha value is -1.62. The highest BCUT2D eigenvalue weighted by Crippen LogP contribution is 2.13. The van der Waals surface area contributed by atoms with Gasteiger partial charge in [-0.3, -0.25) is 4.79 Å². The molecular weight excluding hydrogens is 245 g/mol. The van der Waals surface area contributed by atoms with Gasteiger partial charge in [0.25, 0.3) is 5.91 Å². The minimum absolute atomic E-state index is 0.178. The largest absolute Gasteiger partial charge is 0.398 e. The van der Waals surface area contributed by atoms with Crippen LogP contribution in [0.15, 0.2) is 18.2 Å². The molecule has 4 nitrogen and oxygen atoms in total. The highest BCUT2D eigenvalue weighted by atomic mass is 19.1. The average molecular weight is 265 g/mol. The molecule has 104 valence electrons. The number of carbonyl (C=O) groups is 1. The summed E-state index contributed by atoms with van der Waals surface area (Å²) in [7, 11) is 0. The molecule has 1 heterocycles. The summed E-state index contributed by atoms with van der Waals surface area (Å²) in [5, 5.41) is 2.82. The van der Waals surface area contributed by atoms with E-state index in [1.54, 1.807) is 0 Å². The number of nitrogens with zero attached hydrogens (tertiary/aromatic N) is 1. The van der Waals surface area contributed by atoms with Crippen LogP contribution in [0.5, 0.6) is 0 Å². The Morgan fingerprint density at radius 3 is 2.79 bits per heavy atom. The zero-order valence-corrected chi connectivity index (χ0v) is 11.0. The maximum Gasteiger partial charge on any atom is 0.253 e. The summed E-state index contributed by atoms with van der Waals surface area (Å²) in [5.74, 6) is -0.665. The summed E-state index contributed by atoms with van der Waals surface area (Å²) in [6.45, 7) is 3.96. The summed E-state index contributed by atoms with van der Waals surface area (Å²) in [5.41, 5.74) is 6.13. The standard InChI is InChI=1S/C14H20FN3O/c15-11-4-5-12(13(16)10-11)14(19)17-6-3-9-18-7-1-2-8-18/h4-5,10H,1-3,6-9,16H2,(H,17,19). The van der Waals surface area contributed by atoms with Crippen LogP contribution in [-0.2, 0) is 0 Å². The Morgan fingerprint density at radius 2 is 2.11 bits per heavy atom. The van der Waals surface area contributed by atoms with Crippen molar-refractivity contribution in [2.24, 2.45) is 0 Å². The summed E-state index contributed by atoms with van der Waals surface area (Å²) in [4.78, 5) is 14.2. The van der Waals surface area contributed by atoms with Crippen molar-refractivity contribution in [2.75, 3.05) is 31.9 Å². The van der Waals surface area contributed by atoms with Crippen molar-refractivity contribution in [3.05, 3.63) is 29.6 Å². The zero-order valence-electron chi connectivity index (χ0n) is 11.0. The van der Waals surface area contributed by atoms with Crippen molar-refractivity contribution < 1.29 is 9.18 Å². The van der Waals surface area contributed by atoms with Crippen LogP contribution in [0.3, 0.4) is 0 Å². The van der Waals surface area contributed by atoms with Gasteiger partial charge in [0.05, 0.1) is 5.56 Å². The fourth-order valence-corrected chi connectivity index (χ4v) is 2.35. The van der Waals surface area contributed by atoms with Crippen LogP contribution in [-0.4, -0.2) is 37.0 Å². The van der Waals surface area contributed by atoms with Crippen LogP contribution in [0.4, 0.5) is 10.1 Å². The third-order valence-electron chi connectivity index (χ3n) is 3.39. The third kappa shape index (κ3) is 3.92. The monoisotopic (exact) mass is 265 g/mol. The highest BCUT2D eigenvalue weighted by Gasteiger charge is 2.12. The van der Waals surface area contributed by atoms with E-state index in [0.29, 0.717) is 12.1 Å². The van der Waals surface area contributed by atoms with Gasteiger partial charge < -0.3 is 16.0 Å². The predicted octanol–water partition coefficient (Wildman–Crippen LogP) is 1.62. The van der Waals surface area contributed by atoms with Gasteiger partial charge in [0.1, 0.15) is 5.82 Å². The second kappa shape index (κ2) is 6.52. The SMILES string of the molecule is Nc1cc(F)ccc1C(=O)NCCCN1CCCC1. The number of nitrogens with one attached hydrogen (secondary N) is 1. The van der Waals surface area contributed by atoms with Crippen molar-refractivity contribution in [3.8, 4) is 0 Å². The van der Waals surface area contributed by atoms with Crippen LogP contribution >= 0.6 is 0 Å². The fraction of sp³-hybridized carbons (Fsp3) is 0.500. The van der Waals surface area contributed by atoms with Crippen molar-refractivity contribution in [1.82, 2.24) is 10.2 Å². The number of benzene rings is 1. The van der Waals surface area contributed by atoms with E-state index in [-0.39, 0.29) is 11.6 Å². The number of rotatable bonds is 5. The lowest BCUT2D eigenvalue weighted by Gasteiger charge is -2.14. The zero-order chi connectivity index (χ0) is 13.7. The van der Waals surface area contributed by atoms with Crippen molar-refractivity contribution in [2.45, 2.75) is 19.3 Å². The molecule has 0 radical (unpaired) electrons. The average Bonchev–Trinajstić information content (AvgIpc) is 2.87. The van der Waals surface area contributed by atoms with Crippen LogP contribution in [0.2, 0.25) is 0 Å². The van der Waals surface area contributed by atoms with Gasteiger partial charge >= 0.3 is 0 Å².